The summed E-state index contributed by atoms with van der Waals surface area (Å²) in [4.78, 5) is 11.9. The molecule has 4 aromatic rings. The van der Waals surface area contributed by atoms with Crippen molar-refractivity contribution in [2.45, 2.75) is 46.3 Å². The second-order valence-corrected chi connectivity index (χ2v) is 12.1. The third kappa shape index (κ3) is 7.07. The molecule has 4 rings (SSSR count). The molecule has 0 radical (unpaired) electrons. The van der Waals surface area contributed by atoms with Crippen LogP contribution in [0.1, 0.15) is 54.9 Å². The third-order valence-corrected chi connectivity index (χ3v) is 7.85. The predicted octanol–water partition coefficient (Wildman–Crippen LogP) is 7.59. The molecule has 0 spiro atoms. The highest BCUT2D eigenvalue weighted by atomic mass is 31.2. The Morgan fingerprint density at radius 2 is 1.44 bits per heavy atom. The molecular weight excluding hydrogens is 515 g/mol. The molecule has 8 heteroatoms. The van der Waals surface area contributed by atoms with Crippen LogP contribution >= 0.6 is 7.60 Å². The summed E-state index contributed by atoms with van der Waals surface area (Å²) in [5.74, 6) is -0.541. The van der Waals surface area contributed by atoms with Crippen LogP contribution in [0.25, 0.3) is 11.3 Å². The van der Waals surface area contributed by atoms with E-state index in [4.69, 9.17) is 18.2 Å². The van der Waals surface area contributed by atoms with Gasteiger partial charge in [0.05, 0.1) is 25.1 Å². The van der Waals surface area contributed by atoms with Crippen molar-refractivity contribution in [1.29, 1.82) is 0 Å². The number of carboxylic acid groups (broad SMARTS) is 1. The van der Waals surface area contributed by atoms with Crippen molar-refractivity contribution >= 4 is 18.9 Å². The molecule has 0 aliphatic rings. The highest BCUT2D eigenvalue weighted by Gasteiger charge is 2.31. The normalized spacial score (nSPS) is 11.9. The first-order valence-corrected chi connectivity index (χ1v) is 14.3. The highest BCUT2D eigenvalue weighted by Crippen LogP contribution is 2.50. The van der Waals surface area contributed by atoms with Crippen molar-refractivity contribution in [3.8, 4) is 17.1 Å². The van der Waals surface area contributed by atoms with Gasteiger partial charge in [0.2, 0.25) is 5.76 Å². The van der Waals surface area contributed by atoms with Crippen LogP contribution in [0.3, 0.4) is 0 Å². The summed E-state index contributed by atoms with van der Waals surface area (Å²) in [6.45, 7) is 8.10. The largest absolute Gasteiger partial charge is 0.494 e. The van der Waals surface area contributed by atoms with E-state index in [2.05, 4.69) is 0 Å². The average Bonchev–Trinajstić information content (AvgIpc) is 3.39. The summed E-state index contributed by atoms with van der Waals surface area (Å²) < 4.78 is 38.1. The van der Waals surface area contributed by atoms with Crippen molar-refractivity contribution in [3.63, 3.8) is 0 Å². The van der Waals surface area contributed by atoms with Crippen LogP contribution < -0.4 is 10.0 Å². The molecule has 0 saturated heterocycles. The first-order chi connectivity index (χ1) is 18.6. The summed E-state index contributed by atoms with van der Waals surface area (Å²) in [5, 5.41) is 10.0. The number of hydrogen-bond donors (Lipinski definition) is 1. The van der Waals surface area contributed by atoms with Crippen molar-refractivity contribution in [2.75, 3.05) is 6.61 Å². The number of hydrogen-bond acceptors (Lipinski definition) is 6. The molecule has 0 aliphatic heterocycles. The number of furan rings is 1. The van der Waals surface area contributed by atoms with Gasteiger partial charge in [-0.15, -0.1) is 0 Å². The molecule has 0 amide bonds. The molecule has 1 heterocycles. The Kier molecular flexibility index (Phi) is 8.76. The van der Waals surface area contributed by atoms with E-state index in [0.717, 1.165) is 11.1 Å². The fourth-order valence-electron chi connectivity index (χ4n) is 4.04. The van der Waals surface area contributed by atoms with Crippen LogP contribution in [0.4, 0.5) is 0 Å². The van der Waals surface area contributed by atoms with E-state index in [1.54, 1.807) is 24.3 Å². The minimum Gasteiger partial charge on any atom is -0.494 e. The van der Waals surface area contributed by atoms with Crippen molar-refractivity contribution < 1.29 is 32.7 Å². The summed E-state index contributed by atoms with van der Waals surface area (Å²) in [5.41, 5.74) is 2.27. The lowest BCUT2D eigenvalue weighted by Crippen LogP contribution is -2.14. The van der Waals surface area contributed by atoms with Crippen LogP contribution in [-0.4, -0.2) is 17.7 Å². The summed E-state index contributed by atoms with van der Waals surface area (Å²) in [6.07, 6.45) is 0. The van der Waals surface area contributed by atoms with Gasteiger partial charge < -0.3 is 23.3 Å². The van der Waals surface area contributed by atoms with Gasteiger partial charge in [-0.1, -0.05) is 81.4 Å². The number of carbonyl (C=O) groups is 1. The molecule has 0 atom stereocenters. The van der Waals surface area contributed by atoms with Gasteiger partial charge in [-0.25, -0.2) is 4.79 Å². The third-order valence-electron chi connectivity index (χ3n) is 6.03. The van der Waals surface area contributed by atoms with Crippen LogP contribution in [0, 0.1) is 0 Å². The van der Waals surface area contributed by atoms with Gasteiger partial charge in [0, 0.05) is 11.1 Å². The monoisotopic (exact) mass is 548 g/mol. The minimum absolute atomic E-state index is 0.0686. The quantitative estimate of drug-likeness (QED) is 0.193. The second kappa shape index (κ2) is 12.0. The molecule has 204 valence electrons. The Morgan fingerprint density at radius 3 is 1.90 bits per heavy atom. The standard InChI is InChI=1S/C31H33O7P/c1-5-35-25-16-24(28-19-27(31(2,3)4)29(38-28)30(32)33)17-26(18-25)39(34,36-20-22-12-8-6-9-13-22)37-21-23-14-10-7-11-15-23/h6-19H,5,20-21H2,1-4H3,(H,32,33). The summed E-state index contributed by atoms with van der Waals surface area (Å²) in [7, 11) is -3.90. The van der Waals surface area contributed by atoms with Crippen LogP contribution in [0.15, 0.2) is 89.3 Å². The summed E-state index contributed by atoms with van der Waals surface area (Å²) >= 11 is 0. The van der Waals surface area contributed by atoms with Crippen LogP contribution in [0.2, 0.25) is 0 Å². The Morgan fingerprint density at radius 1 is 0.872 bits per heavy atom. The molecule has 1 N–H and O–H groups in total. The zero-order valence-electron chi connectivity index (χ0n) is 22.5. The Balaban J connectivity index is 1.79. The van der Waals surface area contributed by atoms with Crippen LogP contribution in [0.5, 0.6) is 5.75 Å². The van der Waals surface area contributed by atoms with Gasteiger partial charge in [0.1, 0.15) is 11.5 Å². The zero-order valence-corrected chi connectivity index (χ0v) is 23.4. The van der Waals surface area contributed by atoms with Crippen molar-refractivity contribution in [3.05, 3.63) is 107 Å². The average molecular weight is 549 g/mol. The van der Waals surface area contributed by atoms with E-state index in [9.17, 15) is 14.5 Å². The molecule has 3 aromatic carbocycles. The smallest absolute Gasteiger partial charge is 0.372 e. The molecular formula is C31H33O7P. The van der Waals surface area contributed by atoms with Crippen molar-refractivity contribution in [2.24, 2.45) is 0 Å². The molecule has 1 aromatic heterocycles. The van der Waals surface area contributed by atoms with Gasteiger partial charge in [-0.05, 0) is 47.7 Å². The molecule has 0 unspecified atom stereocenters. The van der Waals surface area contributed by atoms with Gasteiger partial charge in [0.15, 0.2) is 0 Å². The molecule has 0 fully saturated rings. The Labute approximate surface area is 228 Å². The number of aromatic carboxylic acids is 1. The van der Waals surface area contributed by atoms with E-state index in [1.807, 2.05) is 88.4 Å². The molecule has 7 nitrogen and oxygen atoms in total. The number of rotatable bonds is 11. The number of benzene rings is 3. The summed E-state index contributed by atoms with van der Waals surface area (Å²) in [6, 6.07) is 25.6. The Hall–Kier alpha value is -3.64. The second-order valence-electron chi connectivity index (χ2n) is 10.1. The maximum absolute atomic E-state index is 14.4. The van der Waals surface area contributed by atoms with Gasteiger partial charge in [-0.2, -0.15) is 0 Å². The first kappa shape index (κ1) is 28.4. The predicted molar refractivity (Wildman–Crippen MR) is 151 cm³/mol. The van der Waals surface area contributed by atoms with Crippen LogP contribution in [-0.2, 0) is 32.2 Å². The minimum atomic E-state index is -3.90. The maximum atomic E-state index is 14.4. The molecule has 0 aliphatic carbocycles. The first-order valence-electron chi connectivity index (χ1n) is 12.7. The van der Waals surface area contributed by atoms with E-state index in [0.29, 0.717) is 29.2 Å². The molecule has 0 saturated carbocycles. The number of ether oxygens (including phenoxy) is 1. The highest BCUT2D eigenvalue weighted by molar-refractivity contribution is 7.62. The fourth-order valence-corrected chi connectivity index (χ4v) is 5.63. The zero-order chi connectivity index (χ0) is 28.0. The van der Waals surface area contributed by atoms with E-state index < -0.39 is 19.0 Å². The number of carboxylic acids is 1. The topological polar surface area (TPSA) is 95.2 Å². The van der Waals surface area contributed by atoms with Crippen molar-refractivity contribution in [1.82, 2.24) is 0 Å². The Bertz CT molecular complexity index is 1410. The van der Waals surface area contributed by atoms with E-state index >= 15 is 0 Å². The van der Waals surface area contributed by atoms with Gasteiger partial charge >= 0.3 is 13.6 Å². The van der Waals surface area contributed by atoms with E-state index in [-0.39, 0.29) is 24.3 Å². The lowest BCUT2D eigenvalue weighted by atomic mass is 9.86. The fraction of sp³-hybridized carbons (Fsp3) is 0.258. The van der Waals surface area contributed by atoms with E-state index in [1.165, 1.54) is 0 Å². The maximum Gasteiger partial charge on any atom is 0.372 e. The lowest BCUT2D eigenvalue weighted by Gasteiger charge is -2.20. The SMILES string of the molecule is CCOc1cc(-c2cc(C(C)(C)C)c(C(=O)O)o2)cc(P(=O)(OCc2ccccc2)OCc2ccccc2)c1. The molecule has 0 bridgehead atoms. The lowest BCUT2D eigenvalue weighted by molar-refractivity contribution is 0.0659. The molecule has 39 heavy (non-hydrogen) atoms. The van der Waals surface area contributed by atoms with Gasteiger partial charge in [0.25, 0.3) is 0 Å². The van der Waals surface area contributed by atoms with Gasteiger partial charge in [-0.3, -0.25) is 4.57 Å².